The lowest BCUT2D eigenvalue weighted by molar-refractivity contribution is -0.0160. The summed E-state index contributed by atoms with van der Waals surface area (Å²) in [5.74, 6) is -0.227. The van der Waals surface area contributed by atoms with Gasteiger partial charge >= 0.3 is 0 Å². The predicted octanol–water partition coefficient (Wildman–Crippen LogP) is 1.67. The van der Waals surface area contributed by atoms with E-state index in [0.29, 0.717) is 6.54 Å². The Morgan fingerprint density at radius 3 is 2.67 bits per heavy atom. The zero-order valence-corrected chi connectivity index (χ0v) is 10.8. The van der Waals surface area contributed by atoms with Crippen molar-refractivity contribution < 1.29 is 9.50 Å². The van der Waals surface area contributed by atoms with Gasteiger partial charge in [0, 0.05) is 25.7 Å². The molecule has 1 aromatic carbocycles. The first-order valence-corrected chi connectivity index (χ1v) is 6.44. The van der Waals surface area contributed by atoms with Crippen molar-refractivity contribution in [3.8, 4) is 0 Å². The summed E-state index contributed by atoms with van der Waals surface area (Å²) in [7, 11) is 0. The zero-order chi connectivity index (χ0) is 13.2. The first-order valence-electron chi connectivity index (χ1n) is 6.44. The highest BCUT2D eigenvalue weighted by Gasteiger charge is 2.30. The molecule has 1 saturated heterocycles. The maximum absolute atomic E-state index is 13.3. The molecule has 0 aliphatic carbocycles. The van der Waals surface area contributed by atoms with Crippen molar-refractivity contribution in [2.24, 2.45) is 5.73 Å². The molecule has 0 radical (unpaired) electrons. The Morgan fingerprint density at radius 2 is 2.11 bits per heavy atom. The fraction of sp³-hybridized carbons (Fsp3) is 0.571. The number of halogens is 1. The Balaban J connectivity index is 2.10. The number of piperidine rings is 1. The molecule has 0 spiro atoms. The van der Waals surface area contributed by atoms with Crippen molar-refractivity contribution in [1.82, 2.24) is 4.90 Å². The van der Waals surface area contributed by atoms with Crippen LogP contribution in [0.1, 0.15) is 31.4 Å². The van der Waals surface area contributed by atoms with Crippen LogP contribution in [0.5, 0.6) is 0 Å². The molecule has 1 fully saturated rings. The second kappa shape index (κ2) is 5.34. The Bertz CT molecular complexity index is 399. The molecule has 1 aromatic rings. The highest BCUT2D eigenvalue weighted by molar-refractivity contribution is 5.21. The summed E-state index contributed by atoms with van der Waals surface area (Å²) in [6.45, 7) is 3.92. The zero-order valence-electron chi connectivity index (χ0n) is 10.8. The van der Waals surface area contributed by atoms with E-state index in [-0.39, 0.29) is 11.9 Å². The molecular formula is C14H21FN2O. The van der Waals surface area contributed by atoms with Gasteiger partial charge in [0.15, 0.2) is 0 Å². The van der Waals surface area contributed by atoms with Crippen molar-refractivity contribution in [3.63, 3.8) is 0 Å². The Labute approximate surface area is 107 Å². The van der Waals surface area contributed by atoms with Gasteiger partial charge in [-0.15, -0.1) is 0 Å². The third-order valence-corrected chi connectivity index (χ3v) is 3.77. The van der Waals surface area contributed by atoms with Crippen LogP contribution in [-0.2, 0) is 0 Å². The molecule has 18 heavy (non-hydrogen) atoms. The number of aliphatic hydroxyl groups is 1. The van der Waals surface area contributed by atoms with Gasteiger partial charge < -0.3 is 10.8 Å². The summed E-state index contributed by atoms with van der Waals surface area (Å²) in [4.78, 5) is 2.23. The van der Waals surface area contributed by atoms with E-state index >= 15 is 0 Å². The average Bonchev–Trinajstić information content (AvgIpc) is 2.32. The van der Waals surface area contributed by atoms with Crippen LogP contribution in [0, 0.1) is 5.82 Å². The summed E-state index contributed by atoms with van der Waals surface area (Å²) >= 11 is 0. The minimum Gasteiger partial charge on any atom is -0.390 e. The maximum atomic E-state index is 13.3. The number of rotatable bonds is 3. The summed E-state index contributed by atoms with van der Waals surface area (Å²) < 4.78 is 13.3. The fourth-order valence-electron chi connectivity index (χ4n) is 2.53. The Hall–Kier alpha value is -0.970. The van der Waals surface area contributed by atoms with E-state index in [0.717, 1.165) is 31.5 Å². The molecule has 3 nitrogen and oxygen atoms in total. The second-order valence-corrected chi connectivity index (χ2v) is 5.34. The second-order valence-electron chi connectivity index (χ2n) is 5.34. The molecule has 1 aliphatic heterocycles. The van der Waals surface area contributed by atoms with Gasteiger partial charge in [-0.1, -0.05) is 12.1 Å². The lowest BCUT2D eigenvalue weighted by atomic mass is 9.92. The number of nitrogens with zero attached hydrogens (tertiary/aromatic N) is 1. The van der Waals surface area contributed by atoms with E-state index in [2.05, 4.69) is 4.90 Å². The van der Waals surface area contributed by atoms with Gasteiger partial charge in [0.2, 0.25) is 0 Å². The van der Waals surface area contributed by atoms with Crippen molar-refractivity contribution in [2.45, 2.75) is 31.4 Å². The largest absolute Gasteiger partial charge is 0.390 e. The van der Waals surface area contributed by atoms with E-state index in [1.807, 2.05) is 13.0 Å². The standard InChI is InChI=1S/C14H21FN2O/c1-14(18)5-7-17(8-6-14)13(10-16)11-3-2-4-12(15)9-11/h2-4,9,13,18H,5-8,10,16H2,1H3. The van der Waals surface area contributed by atoms with Crippen LogP contribution in [0.2, 0.25) is 0 Å². The molecule has 2 rings (SSSR count). The van der Waals surface area contributed by atoms with Crippen molar-refractivity contribution in [1.29, 1.82) is 0 Å². The smallest absolute Gasteiger partial charge is 0.123 e. The average molecular weight is 252 g/mol. The first-order chi connectivity index (χ1) is 8.52. The molecule has 100 valence electrons. The molecule has 0 saturated carbocycles. The minimum atomic E-state index is -0.572. The number of nitrogens with two attached hydrogens (primary N) is 1. The maximum Gasteiger partial charge on any atom is 0.123 e. The molecule has 0 bridgehead atoms. The quantitative estimate of drug-likeness (QED) is 0.860. The van der Waals surface area contributed by atoms with Crippen molar-refractivity contribution in [3.05, 3.63) is 35.6 Å². The van der Waals surface area contributed by atoms with Crippen LogP contribution in [0.25, 0.3) is 0 Å². The summed E-state index contributed by atoms with van der Waals surface area (Å²) in [5.41, 5.74) is 6.17. The lowest BCUT2D eigenvalue weighted by Gasteiger charge is -2.40. The molecule has 0 aromatic heterocycles. The van der Waals surface area contributed by atoms with Gasteiger partial charge in [-0.25, -0.2) is 4.39 Å². The molecule has 1 heterocycles. The number of hydrogen-bond acceptors (Lipinski definition) is 3. The fourth-order valence-corrected chi connectivity index (χ4v) is 2.53. The SMILES string of the molecule is CC1(O)CCN(C(CN)c2cccc(F)c2)CC1. The van der Waals surface area contributed by atoms with E-state index in [4.69, 9.17) is 5.73 Å². The molecule has 0 amide bonds. The summed E-state index contributed by atoms with van der Waals surface area (Å²) in [5, 5.41) is 9.94. The van der Waals surface area contributed by atoms with Crippen LogP contribution in [0.15, 0.2) is 24.3 Å². The van der Waals surface area contributed by atoms with E-state index < -0.39 is 5.60 Å². The topological polar surface area (TPSA) is 49.5 Å². The summed E-state index contributed by atoms with van der Waals surface area (Å²) in [6.07, 6.45) is 1.47. The van der Waals surface area contributed by atoms with Crippen LogP contribution >= 0.6 is 0 Å². The highest BCUT2D eigenvalue weighted by atomic mass is 19.1. The molecule has 4 heteroatoms. The Kier molecular flexibility index (Phi) is 4.00. The van der Waals surface area contributed by atoms with Gasteiger partial charge in [0.1, 0.15) is 5.82 Å². The Morgan fingerprint density at radius 1 is 1.44 bits per heavy atom. The van der Waals surface area contributed by atoms with Gasteiger partial charge in [-0.2, -0.15) is 0 Å². The number of hydrogen-bond donors (Lipinski definition) is 2. The van der Waals surface area contributed by atoms with Crippen LogP contribution < -0.4 is 5.73 Å². The van der Waals surface area contributed by atoms with Gasteiger partial charge in [-0.3, -0.25) is 4.90 Å². The normalized spacial score (nSPS) is 21.8. The summed E-state index contributed by atoms with van der Waals surface area (Å²) in [6, 6.07) is 6.65. The van der Waals surface area contributed by atoms with E-state index in [1.54, 1.807) is 12.1 Å². The first kappa shape index (κ1) is 13.5. The molecular weight excluding hydrogens is 231 g/mol. The van der Waals surface area contributed by atoms with Gasteiger partial charge in [0.05, 0.1) is 5.60 Å². The van der Waals surface area contributed by atoms with Crippen molar-refractivity contribution in [2.75, 3.05) is 19.6 Å². The highest BCUT2D eigenvalue weighted by Crippen LogP contribution is 2.28. The third kappa shape index (κ3) is 3.07. The van der Waals surface area contributed by atoms with E-state index in [9.17, 15) is 9.50 Å². The van der Waals surface area contributed by atoms with Gasteiger partial charge in [0.25, 0.3) is 0 Å². The van der Waals surface area contributed by atoms with Crippen molar-refractivity contribution >= 4 is 0 Å². The lowest BCUT2D eigenvalue weighted by Crippen LogP contribution is -2.45. The monoisotopic (exact) mass is 252 g/mol. The van der Waals surface area contributed by atoms with E-state index in [1.165, 1.54) is 6.07 Å². The molecule has 1 unspecified atom stereocenters. The minimum absolute atomic E-state index is 0.0387. The van der Waals surface area contributed by atoms with Gasteiger partial charge in [-0.05, 0) is 37.5 Å². The van der Waals surface area contributed by atoms with Crippen LogP contribution in [-0.4, -0.2) is 35.2 Å². The molecule has 1 atom stereocenters. The molecule has 3 N–H and O–H groups in total. The number of benzene rings is 1. The van der Waals surface area contributed by atoms with Crippen LogP contribution in [0.3, 0.4) is 0 Å². The molecule has 1 aliphatic rings. The number of likely N-dealkylation sites (tertiary alicyclic amines) is 1. The third-order valence-electron chi connectivity index (χ3n) is 3.77. The van der Waals surface area contributed by atoms with Crippen LogP contribution in [0.4, 0.5) is 4.39 Å². The predicted molar refractivity (Wildman–Crippen MR) is 69.6 cm³/mol.